The molecule has 0 aromatic heterocycles. The van der Waals surface area contributed by atoms with Crippen molar-refractivity contribution in [1.82, 2.24) is 4.90 Å². The van der Waals surface area contributed by atoms with Crippen molar-refractivity contribution in [3.05, 3.63) is 69.3 Å². The highest BCUT2D eigenvalue weighted by Gasteiger charge is 2.35. The van der Waals surface area contributed by atoms with Gasteiger partial charge in [-0.05, 0) is 32.4 Å². The van der Waals surface area contributed by atoms with Gasteiger partial charge in [0, 0.05) is 28.9 Å². The molecule has 0 unspecified atom stereocenters. The van der Waals surface area contributed by atoms with E-state index in [9.17, 15) is 14.9 Å². The summed E-state index contributed by atoms with van der Waals surface area (Å²) in [6, 6.07) is 12.5. The van der Waals surface area contributed by atoms with Crippen LogP contribution < -0.4 is 5.32 Å². The van der Waals surface area contributed by atoms with Crippen LogP contribution in [0.5, 0.6) is 0 Å². The zero-order valence-electron chi connectivity index (χ0n) is 14.5. The number of carbonyl (C=O) groups excluding carboxylic acids is 1. The molecule has 0 aliphatic carbocycles. The van der Waals surface area contributed by atoms with Gasteiger partial charge in [0.15, 0.2) is 0 Å². The van der Waals surface area contributed by atoms with E-state index in [1.807, 2.05) is 38.1 Å². The number of nitro groups is 1. The van der Waals surface area contributed by atoms with E-state index in [0.717, 1.165) is 12.1 Å². The molecule has 0 radical (unpaired) electrons. The Kier molecular flexibility index (Phi) is 4.44. The Morgan fingerprint density at radius 2 is 2.00 bits per heavy atom. The van der Waals surface area contributed by atoms with Gasteiger partial charge in [0.05, 0.1) is 10.5 Å². The average Bonchev–Trinajstić information content (AvgIpc) is 2.61. The van der Waals surface area contributed by atoms with Gasteiger partial charge in [-0.1, -0.05) is 31.2 Å². The van der Waals surface area contributed by atoms with Crippen LogP contribution in [0.2, 0.25) is 0 Å². The van der Waals surface area contributed by atoms with Crippen LogP contribution >= 0.6 is 0 Å². The third-order valence-corrected chi connectivity index (χ3v) is 4.77. The predicted molar refractivity (Wildman–Crippen MR) is 96.6 cm³/mol. The van der Waals surface area contributed by atoms with Crippen molar-refractivity contribution in [1.29, 1.82) is 0 Å². The maximum Gasteiger partial charge on any atom is 0.272 e. The van der Waals surface area contributed by atoms with Crippen LogP contribution in [0.15, 0.2) is 42.5 Å². The zero-order valence-corrected chi connectivity index (χ0v) is 14.5. The molecule has 2 aromatic carbocycles. The lowest BCUT2D eigenvalue weighted by Crippen LogP contribution is -2.47. The first-order valence-corrected chi connectivity index (χ1v) is 8.37. The fourth-order valence-corrected chi connectivity index (χ4v) is 3.16. The molecule has 1 amide bonds. The first-order valence-electron chi connectivity index (χ1n) is 8.37. The van der Waals surface area contributed by atoms with E-state index in [-0.39, 0.29) is 22.6 Å². The third-order valence-electron chi connectivity index (χ3n) is 4.77. The van der Waals surface area contributed by atoms with E-state index in [0.29, 0.717) is 16.7 Å². The van der Waals surface area contributed by atoms with Crippen LogP contribution in [0.3, 0.4) is 0 Å². The molecule has 1 N–H and O–H groups in total. The summed E-state index contributed by atoms with van der Waals surface area (Å²) in [5.41, 5.74) is 2.75. The van der Waals surface area contributed by atoms with Gasteiger partial charge in [0.1, 0.15) is 6.17 Å². The fourth-order valence-electron chi connectivity index (χ4n) is 3.16. The Morgan fingerprint density at radius 3 is 2.68 bits per heavy atom. The normalized spacial score (nSPS) is 17.6. The Balaban J connectivity index is 2.11. The lowest BCUT2D eigenvalue weighted by molar-refractivity contribution is -0.385. The molecule has 1 heterocycles. The van der Waals surface area contributed by atoms with Gasteiger partial charge in [-0.3, -0.25) is 14.9 Å². The molecule has 130 valence electrons. The zero-order chi connectivity index (χ0) is 18.1. The molecule has 25 heavy (non-hydrogen) atoms. The smallest absolute Gasteiger partial charge is 0.272 e. The number of amides is 1. The lowest BCUT2D eigenvalue weighted by atomic mass is 9.99. The van der Waals surface area contributed by atoms with Crippen molar-refractivity contribution >= 4 is 17.3 Å². The average molecular weight is 339 g/mol. The molecule has 0 spiro atoms. The molecule has 3 rings (SSSR count). The predicted octanol–water partition coefficient (Wildman–Crippen LogP) is 4.27. The van der Waals surface area contributed by atoms with E-state index in [2.05, 4.69) is 5.32 Å². The number of anilines is 1. The van der Waals surface area contributed by atoms with Gasteiger partial charge >= 0.3 is 0 Å². The number of nitro benzene ring substituents is 1. The summed E-state index contributed by atoms with van der Waals surface area (Å²) in [4.78, 5) is 25.7. The Hall–Kier alpha value is -2.89. The SMILES string of the molecule is CC[C@@H](C)N1C(=O)c2ccccc2N[C@@H]1c1ccc(C)c([N+](=O)[O-])c1. The van der Waals surface area contributed by atoms with Crippen molar-refractivity contribution in [2.24, 2.45) is 0 Å². The summed E-state index contributed by atoms with van der Waals surface area (Å²) in [7, 11) is 0. The number of para-hydroxylation sites is 1. The fraction of sp³-hybridized carbons (Fsp3) is 0.316. The molecular formula is C19H21N3O3. The highest BCUT2D eigenvalue weighted by molar-refractivity contribution is 6.01. The van der Waals surface area contributed by atoms with Crippen LogP contribution in [0.25, 0.3) is 0 Å². The molecule has 0 bridgehead atoms. The topological polar surface area (TPSA) is 75.5 Å². The minimum absolute atomic E-state index is 0.00119. The molecule has 6 heteroatoms. The van der Waals surface area contributed by atoms with E-state index in [1.54, 1.807) is 30.0 Å². The van der Waals surface area contributed by atoms with E-state index in [1.165, 1.54) is 0 Å². The minimum Gasteiger partial charge on any atom is -0.361 e. The molecule has 0 saturated heterocycles. The maximum absolute atomic E-state index is 13.0. The number of benzene rings is 2. The third kappa shape index (κ3) is 2.95. The molecule has 6 nitrogen and oxygen atoms in total. The summed E-state index contributed by atoms with van der Waals surface area (Å²) < 4.78 is 0. The molecule has 2 aromatic rings. The number of aryl methyl sites for hydroxylation is 1. The largest absolute Gasteiger partial charge is 0.361 e. The van der Waals surface area contributed by atoms with Crippen LogP contribution in [0.4, 0.5) is 11.4 Å². The number of nitrogens with zero attached hydrogens (tertiary/aromatic N) is 2. The summed E-state index contributed by atoms with van der Waals surface area (Å²) in [6.07, 6.45) is 0.358. The molecule has 1 aliphatic rings. The summed E-state index contributed by atoms with van der Waals surface area (Å²) in [6.45, 7) is 5.72. The second kappa shape index (κ2) is 6.55. The van der Waals surface area contributed by atoms with Crippen molar-refractivity contribution in [2.75, 3.05) is 5.32 Å². The van der Waals surface area contributed by atoms with Gasteiger partial charge < -0.3 is 10.2 Å². The molecule has 1 aliphatic heterocycles. The van der Waals surface area contributed by atoms with Crippen molar-refractivity contribution in [2.45, 2.75) is 39.4 Å². The van der Waals surface area contributed by atoms with Crippen LogP contribution in [0.1, 0.15) is 47.9 Å². The quantitative estimate of drug-likeness (QED) is 0.667. The number of hydrogen-bond donors (Lipinski definition) is 1. The molecule has 0 fully saturated rings. The van der Waals surface area contributed by atoms with E-state index >= 15 is 0 Å². The van der Waals surface area contributed by atoms with Crippen molar-refractivity contribution in [3.8, 4) is 0 Å². The highest BCUT2D eigenvalue weighted by atomic mass is 16.6. The monoisotopic (exact) mass is 339 g/mol. The van der Waals surface area contributed by atoms with Crippen LogP contribution in [-0.2, 0) is 0 Å². The van der Waals surface area contributed by atoms with Gasteiger partial charge in [0.25, 0.3) is 11.6 Å². The number of hydrogen-bond acceptors (Lipinski definition) is 4. The summed E-state index contributed by atoms with van der Waals surface area (Å²) in [5.74, 6) is -0.0584. The van der Waals surface area contributed by atoms with Crippen LogP contribution in [0, 0.1) is 17.0 Å². The van der Waals surface area contributed by atoms with Gasteiger partial charge in [-0.2, -0.15) is 0 Å². The second-order valence-corrected chi connectivity index (χ2v) is 6.37. The first kappa shape index (κ1) is 17.0. The Bertz CT molecular complexity index is 834. The molecule has 2 atom stereocenters. The minimum atomic E-state index is -0.434. The Labute approximate surface area is 146 Å². The lowest BCUT2D eigenvalue weighted by Gasteiger charge is -2.41. The number of fused-ring (bicyclic) bond motifs is 1. The van der Waals surface area contributed by atoms with Gasteiger partial charge in [-0.25, -0.2) is 0 Å². The van der Waals surface area contributed by atoms with Gasteiger partial charge in [-0.15, -0.1) is 0 Å². The first-order chi connectivity index (χ1) is 11.9. The van der Waals surface area contributed by atoms with E-state index in [4.69, 9.17) is 0 Å². The van der Waals surface area contributed by atoms with E-state index < -0.39 is 6.17 Å². The summed E-state index contributed by atoms with van der Waals surface area (Å²) >= 11 is 0. The maximum atomic E-state index is 13.0. The van der Waals surface area contributed by atoms with Crippen molar-refractivity contribution in [3.63, 3.8) is 0 Å². The highest BCUT2D eigenvalue weighted by Crippen LogP contribution is 2.36. The van der Waals surface area contributed by atoms with Crippen molar-refractivity contribution < 1.29 is 9.72 Å². The molecule has 0 saturated carbocycles. The number of nitrogens with one attached hydrogen (secondary N) is 1. The standard InChI is InChI=1S/C19H21N3O3/c1-4-13(3)21-18(14-10-9-12(2)17(11-14)22(24)25)20-16-8-6-5-7-15(16)19(21)23/h5-11,13,18,20H,4H2,1-3H3/t13-,18+/m1/s1. The Morgan fingerprint density at radius 1 is 1.28 bits per heavy atom. The summed E-state index contributed by atoms with van der Waals surface area (Å²) in [5, 5.41) is 14.7. The van der Waals surface area contributed by atoms with Crippen LogP contribution in [-0.4, -0.2) is 21.8 Å². The molecular weight excluding hydrogens is 318 g/mol. The second-order valence-electron chi connectivity index (χ2n) is 6.37. The van der Waals surface area contributed by atoms with Gasteiger partial charge in [0.2, 0.25) is 0 Å². The number of rotatable bonds is 4. The number of carbonyl (C=O) groups is 1.